The standard InChI is InChI=1S/C40H32ClIN2O6/c41-24-9-6-10-27(21-24)44-37(47)32-22-31-28(17-18-30-34(31)38(48)43(36(30)46)26-15-13-25(42)14-16-26)35(29-11-4-5-12-33(29)50-20-19-45)40(32,39(44)49)23-7-2-1-3-8-23/h1-17,21,30-32,34-35,45H,18-20,22H2. The number of amides is 4. The van der Waals surface area contributed by atoms with Gasteiger partial charge in [0.05, 0.1) is 41.2 Å². The van der Waals surface area contributed by atoms with Crippen molar-refractivity contribution in [3.05, 3.63) is 134 Å². The number of carbonyl (C=O) groups is 4. The summed E-state index contributed by atoms with van der Waals surface area (Å²) >= 11 is 8.60. The van der Waals surface area contributed by atoms with E-state index in [2.05, 4.69) is 22.6 Å². The molecule has 0 bridgehead atoms. The molecule has 6 atom stereocenters. The van der Waals surface area contributed by atoms with Gasteiger partial charge in [0.25, 0.3) is 0 Å². The SMILES string of the molecule is O=C1C2CC=C3C(CC4C(=O)N(c5cccc(Cl)c5)C(=O)C4(c4ccccc4)C3c3ccccc3OCCO)C2C(=O)N1c1ccc(I)cc1. The Kier molecular flexibility index (Phi) is 8.40. The average Bonchev–Trinajstić information content (AvgIpc) is 3.52. The van der Waals surface area contributed by atoms with Crippen LogP contribution in [-0.2, 0) is 24.6 Å². The number of aliphatic hydroxyl groups is 1. The summed E-state index contributed by atoms with van der Waals surface area (Å²) in [5, 5.41) is 10.1. The van der Waals surface area contributed by atoms with Gasteiger partial charge in [-0.05, 0) is 95.4 Å². The summed E-state index contributed by atoms with van der Waals surface area (Å²) in [6.45, 7) is -0.191. The Bertz CT molecular complexity index is 2070. The number of hydrogen-bond acceptors (Lipinski definition) is 6. The fraction of sp³-hybridized carbons (Fsp3) is 0.250. The van der Waals surface area contributed by atoms with Crippen LogP contribution in [0.3, 0.4) is 0 Å². The second kappa shape index (κ2) is 12.8. The molecule has 50 heavy (non-hydrogen) atoms. The molecule has 2 aliphatic carbocycles. The van der Waals surface area contributed by atoms with Crippen LogP contribution in [0.4, 0.5) is 11.4 Å². The number of nitrogens with zero attached hydrogens (tertiary/aromatic N) is 2. The van der Waals surface area contributed by atoms with Gasteiger partial charge >= 0.3 is 0 Å². The van der Waals surface area contributed by atoms with Crippen molar-refractivity contribution in [3.63, 3.8) is 0 Å². The summed E-state index contributed by atoms with van der Waals surface area (Å²) < 4.78 is 7.09. The van der Waals surface area contributed by atoms with E-state index < -0.39 is 40.9 Å². The maximum atomic E-state index is 15.4. The van der Waals surface area contributed by atoms with E-state index in [4.69, 9.17) is 16.3 Å². The van der Waals surface area contributed by atoms with Gasteiger partial charge in [0, 0.05) is 20.1 Å². The first-order valence-electron chi connectivity index (χ1n) is 16.6. The van der Waals surface area contributed by atoms with Gasteiger partial charge in [-0.15, -0.1) is 0 Å². The van der Waals surface area contributed by atoms with Crippen LogP contribution in [0, 0.1) is 27.2 Å². The normalized spacial score (nSPS) is 27.2. The maximum absolute atomic E-state index is 15.4. The van der Waals surface area contributed by atoms with Crippen molar-refractivity contribution in [3.8, 4) is 5.75 Å². The second-order valence-corrected chi connectivity index (χ2v) is 14.9. The molecule has 0 aromatic heterocycles. The number of anilines is 2. The molecule has 1 N–H and O–H groups in total. The first-order chi connectivity index (χ1) is 24.3. The van der Waals surface area contributed by atoms with Crippen LogP contribution in [0.15, 0.2) is 115 Å². The number of imide groups is 2. The van der Waals surface area contributed by atoms with Gasteiger partial charge < -0.3 is 9.84 Å². The Morgan fingerprint density at radius 2 is 1.54 bits per heavy atom. The minimum absolute atomic E-state index is 0.0259. The molecule has 6 unspecified atom stereocenters. The molecule has 10 heteroatoms. The van der Waals surface area contributed by atoms with Gasteiger partial charge in [0.1, 0.15) is 12.4 Å². The van der Waals surface area contributed by atoms with E-state index in [1.807, 2.05) is 66.7 Å². The van der Waals surface area contributed by atoms with E-state index in [-0.39, 0.29) is 37.4 Å². The average molecular weight is 799 g/mol. The Morgan fingerprint density at radius 3 is 2.28 bits per heavy atom. The first kappa shape index (κ1) is 32.9. The molecule has 4 aromatic rings. The maximum Gasteiger partial charge on any atom is 0.246 e. The summed E-state index contributed by atoms with van der Waals surface area (Å²) in [7, 11) is 0. The number of aliphatic hydroxyl groups excluding tert-OH is 1. The quantitative estimate of drug-likeness (QED) is 0.127. The summed E-state index contributed by atoms with van der Waals surface area (Å²) in [4.78, 5) is 61.4. The van der Waals surface area contributed by atoms with E-state index >= 15 is 4.79 Å². The largest absolute Gasteiger partial charge is 0.491 e. The molecule has 8 nitrogen and oxygen atoms in total. The van der Waals surface area contributed by atoms with Gasteiger partial charge in [-0.25, -0.2) is 4.90 Å². The molecule has 0 spiro atoms. The number of benzene rings is 4. The zero-order valence-electron chi connectivity index (χ0n) is 26.7. The van der Waals surface area contributed by atoms with Crippen molar-refractivity contribution < 1.29 is 29.0 Å². The third kappa shape index (κ3) is 4.88. The van der Waals surface area contributed by atoms with Crippen LogP contribution in [0.1, 0.15) is 29.9 Å². The highest BCUT2D eigenvalue weighted by atomic mass is 127. The van der Waals surface area contributed by atoms with Crippen LogP contribution >= 0.6 is 34.2 Å². The lowest BCUT2D eigenvalue weighted by Crippen LogP contribution is -2.53. The molecule has 4 aromatic carbocycles. The van der Waals surface area contributed by atoms with Crippen LogP contribution < -0.4 is 14.5 Å². The number of para-hydroxylation sites is 1. The highest BCUT2D eigenvalue weighted by molar-refractivity contribution is 14.1. The van der Waals surface area contributed by atoms with E-state index in [1.165, 1.54) is 9.80 Å². The fourth-order valence-corrected chi connectivity index (χ4v) is 9.48. The van der Waals surface area contributed by atoms with E-state index in [0.29, 0.717) is 39.7 Å². The zero-order chi connectivity index (χ0) is 34.7. The van der Waals surface area contributed by atoms with Crippen molar-refractivity contribution in [2.75, 3.05) is 23.0 Å². The lowest BCUT2D eigenvalue weighted by Gasteiger charge is -2.51. The molecule has 4 aliphatic rings. The Labute approximate surface area is 307 Å². The third-order valence-corrected chi connectivity index (χ3v) is 11.8. The molecule has 2 aliphatic heterocycles. The minimum Gasteiger partial charge on any atom is -0.491 e. The second-order valence-electron chi connectivity index (χ2n) is 13.2. The van der Waals surface area contributed by atoms with Crippen molar-refractivity contribution >= 4 is 69.2 Å². The van der Waals surface area contributed by atoms with Crippen molar-refractivity contribution in [2.45, 2.75) is 24.2 Å². The van der Waals surface area contributed by atoms with Crippen LogP contribution in [0.25, 0.3) is 0 Å². The number of rotatable bonds is 7. The van der Waals surface area contributed by atoms with Gasteiger partial charge in [-0.1, -0.05) is 77.8 Å². The fourth-order valence-electron chi connectivity index (χ4n) is 8.94. The van der Waals surface area contributed by atoms with Gasteiger partial charge in [0.15, 0.2) is 0 Å². The summed E-state index contributed by atoms with van der Waals surface area (Å²) in [5.41, 5.74) is 1.65. The lowest BCUT2D eigenvalue weighted by atomic mass is 9.49. The van der Waals surface area contributed by atoms with Crippen molar-refractivity contribution in [2.24, 2.45) is 23.7 Å². The smallest absolute Gasteiger partial charge is 0.246 e. The molecule has 1 saturated carbocycles. The topological polar surface area (TPSA) is 104 Å². The van der Waals surface area contributed by atoms with Crippen molar-refractivity contribution in [1.82, 2.24) is 0 Å². The molecule has 4 amide bonds. The number of fused-ring (bicyclic) bond motifs is 4. The molecule has 252 valence electrons. The molecule has 3 fully saturated rings. The van der Waals surface area contributed by atoms with E-state index in [9.17, 15) is 19.5 Å². The minimum atomic E-state index is -1.42. The first-order valence-corrected chi connectivity index (χ1v) is 18.1. The molecule has 0 radical (unpaired) electrons. The monoisotopic (exact) mass is 798 g/mol. The Hall–Kier alpha value is -4.32. The third-order valence-electron chi connectivity index (χ3n) is 10.8. The highest BCUT2D eigenvalue weighted by Crippen LogP contribution is 2.65. The van der Waals surface area contributed by atoms with Gasteiger partial charge in [-0.3, -0.25) is 24.1 Å². The van der Waals surface area contributed by atoms with E-state index in [0.717, 1.165) is 9.14 Å². The lowest BCUT2D eigenvalue weighted by molar-refractivity contribution is -0.127. The summed E-state index contributed by atoms with van der Waals surface area (Å²) in [5.74, 6) is -4.29. The summed E-state index contributed by atoms with van der Waals surface area (Å²) in [6, 6.07) is 30.8. The van der Waals surface area contributed by atoms with Crippen LogP contribution in [0.5, 0.6) is 5.75 Å². The predicted molar refractivity (Wildman–Crippen MR) is 197 cm³/mol. The van der Waals surface area contributed by atoms with Crippen molar-refractivity contribution in [1.29, 1.82) is 0 Å². The van der Waals surface area contributed by atoms with Gasteiger partial charge in [0.2, 0.25) is 23.6 Å². The number of carbonyl (C=O) groups excluding carboxylic acids is 4. The van der Waals surface area contributed by atoms with Crippen LogP contribution in [-0.4, -0.2) is 41.9 Å². The molecule has 8 rings (SSSR count). The number of hydrogen-bond donors (Lipinski definition) is 1. The number of halogens is 2. The Balaban J connectivity index is 1.36. The zero-order valence-corrected chi connectivity index (χ0v) is 29.7. The van der Waals surface area contributed by atoms with Gasteiger partial charge in [-0.2, -0.15) is 0 Å². The highest BCUT2D eigenvalue weighted by Gasteiger charge is 2.70. The molecule has 2 saturated heterocycles. The summed E-state index contributed by atoms with van der Waals surface area (Å²) in [6.07, 6.45) is 2.54. The van der Waals surface area contributed by atoms with E-state index in [1.54, 1.807) is 42.5 Å². The number of allylic oxidation sites excluding steroid dienone is 2. The predicted octanol–water partition coefficient (Wildman–Crippen LogP) is 6.68. The molecule has 2 heterocycles. The Morgan fingerprint density at radius 1 is 0.800 bits per heavy atom. The molecular formula is C40H32ClIN2O6. The van der Waals surface area contributed by atoms with Crippen LogP contribution in [0.2, 0.25) is 5.02 Å². The number of ether oxygens (including phenoxy) is 1. The molecular weight excluding hydrogens is 767 g/mol.